The smallest absolute Gasteiger partial charge is 0.0595 e. The third-order valence-electron chi connectivity index (χ3n) is 2.16. The number of nitrogens with zero attached hydrogens (tertiary/aromatic N) is 2. The molecule has 0 saturated heterocycles. The average molecular weight is 229 g/mol. The van der Waals surface area contributed by atoms with E-state index in [1.54, 1.807) is 6.20 Å². The van der Waals surface area contributed by atoms with Gasteiger partial charge in [0.05, 0.1) is 11.9 Å². The predicted molar refractivity (Wildman–Crippen MR) is 73.5 cm³/mol. The standard InChI is InChI=1S/C14H19N3/c1-3-10-17(11-5-4-7-13(2)15)14-8-6-9-16-12-14/h3,5-9,11-12H,1,4,10,15H2,2H3/b11-5-,13-7+. The van der Waals surface area contributed by atoms with Gasteiger partial charge in [-0.1, -0.05) is 18.2 Å². The van der Waals surface area contributed by atoms with Crippen LogP contribution in [-0.4, -0.2) is 11.5 Å². The van der Waals surface area contributed by atoms with Crippen molar-refractivity contribution in [2.45, 2.75) is 13.3 Å². The molecule has 0 saturated carbocycles. The highest BCUT2D eigenvalue weighted by molar-refractivity contribution is 5.47. The zero-order valence-corrected chi connectivity index (χ0v) is 10.2. The summed E-state index contributed by atoms with van der Waals surface area (Å²) in [7, 11) is 0. The van der Waals surface area contributed by atoms with Crippen molar-refractivity contribution in [2.75, 3.05) is 11.4 Å². The van der Waals surface area contributed by atoms with Crippen LogP contribution in [0.2, 0.25) is 0 Å². The van der Waals surface area contributed by atoms with E-state index in [9.17, 15) is 0 Å². The van der Waals surface area contributed by atoms with Gasteiger partial charge in [0.25, 0.3) is 0 Å². The molecule has 0 aliphatic rings. The lowest BCUT2D eigenvalue weighted by molar-refractivity contribution is 1.07. The number of pyridine rings is 1. The third kappa shape index (κ3) is 5.02. The van der Waals surface area contributed by atoms with Gasteiger partial charge in [-0.3, -0.25) is 4.98 Å². The van der Waals surface area contributed by atoms with Gasteiger partial charge >= 0.3 is 0 Å². The molecule has 17 heavy (non-hydrogen) atoms. The molecule has 0 atom stereocenters. The van der Waals surface area contributed by atoms with Gasteiger partial charge in [-0.15, -0.1) is 6.58 Å². The van der Waals surface area contributed by atoms with E-state index in [1.165, 1.54) is 0 Å². The van der Waals surface area contributed by atoms with Crippen molar-refractivity contribution in [1.82, 2.24) is 4.98 Å². The monoisotopic (exact) mass is 229 g/mol. The molecule has 0 radical (unpaired) electrons. The van der Waals surface area contributed by atoms with Crippen LogP contribution in [0.5, 0.6) is 0 Å². The molecule has 1 heterocycles. The molecular weight excluding hydrogens is 210 g/mol. The van der Waals surface area contributed by atoms with Crippen LogP contribution in [0, 0.1) is 0 Å². The van der Waals surface area contributed by atoms with Crippen LogP contribution in [0.25, 0.3) is 0 Å². The molecule has 2 N–H and O–H groups in total. The molecule has 0 amide bonds. The molecule has 1 aromatic rings. The Hall–Kier alpha value is -2.03. The van der Waals surface area contributed by atoms with Gasteiger partial charge in [-0.05, 0) is 25.5 Å². The fourth-order valence-corrected chi connectivity index (χ4v) is 1.36. The Kier molecular flexibility index (Phi) is 5.58. The minimum absolute atomic E-state index is 0.757. The highest BCUT2D eigenvalue weighted by Gasteiger charge is 1.98. The molecule has 0 aromatic carbocycles. The van der Waals surface area contributed by atoms with Crippen LogP contribution < -0.4 is 10.6 Å². The van der Waals surface area contributed by atoms with Crippen LogP contribution in [0.4, 0.5) is 5.69 Å². The van der Waals surface area contributed by atoms with E-state index < -0.39 is 0 Å². The van der Waals surface area contributed by atoms with Crippen LogP contribution in [0.1, 0.15) is 13.3 Å². The maximum Gasteiger partial charge on any atom is 0.0595 e. The summed E-state index contributed by atoms with van der Waals surface area (Å²) in [6, 6.07) is 3.94. The number of hydrogen-bond donors (Lipinski definition) is 1. The lowest BCUT2D eigenvalue weighted by atomic mass is 10.3. The van der Waals surface area contributed by atoms with E-state index >= 15 is 0 Å². The highest BCUT2D eigenvalue weighted by Crippen LogP contribution is 2.12. The summed E-state index contributed by atoms with van der Waals surface area (Å²) in [4.78, 5) is 6.19. The quantitative estimate of drug-likeness (QED) is 0.763. The molecule has 90 valence electrons. The Bertz CT molecular complexity index is 389. The minimum atomic E-state index is 0.757. The highest BCUT2D eigenvalue weighted by atomic mass is 15.1. The van der Waals surface area contributed by atoms with Gasteiger partial charge in [0.2, 0.25) is 0 Å². The number of rotatable bonds is 6. The zero-order valence-electron chi connectivity index (χ0n) is 10.2. The van der Waals surface area contributed by atoms with Crippen LogP contribution in [0.3, 0.4) is 0 Å². The number of hydrogen-bond acceptors (Lipinski definition) is 3. The van der Waals surface area contributed by atoms with Crippen LogP contribution >= 0.6 is 0 Å². The molecule has 0 unspecified atom stereocenters. The molecule has 0 bridgehead atoms. The van der Waals surface area contributed by atoms with E-state index in [0.29, 0.717) is 0 Å². The van der Waals surface area contributed by atoms with Gasteiger partial charge in [-0.2, -0.15) is 0 Å². The summed E-state index contributed by atoms with van der Waals surface area (Å²) in [6.45, 7) is 6.40. The number of allylic oxidation sites excluding steroid dienone is 3. The fraction of sp³-hybridized carbons (Fsp3) is 0.214. The van der Waals surface area contributed by atoms with Gasteiger partial charge in [-0.25, -0.2) is 0 Å². The first kappa shape index (κ1) is 13.0. The second-order valence-electron chi connectivity index (χ2n) is 3.72. The Morgan fingerprint density at radius 2 is 2.41 bits per heavy atom. The van der Waals surface area contributed by atoms with Gasteiger partial charge < -0.3 is 10.6 Å². The number of anilines is 1. The molecular formula is C14H19N3. The number of aromatic nitrogens is 1. The van der Waals surface area contributed by atoms with Crippen molar-refractivity contribution in [1.29, 1.82) is 0 Å². The summed E-state index contributed by atoms with van der Waals surface area (Å²) in [6.07, 6.45) is 12.4. The van der Waals surface area contributed by atoms with Crippen molar-refractivity contribution in [3.8, 4) is 0 Å². The Morgan fingerprint density at radius 1 is 1.59 bits per heavy atom. The van der Waals surface area contributed by atoms with Crippen molar-refractivity contribution in [2.24, 2.45) is 5.73 Å². The van der Waals surface area contributed by atoms with Crippen molar-refractivity contribution < 1.29 is 0 Å². The Labute approximate surface area is 103 Å². The summed E-state index contributed by atoms with van der Waals surface area (Å²) in [5.74, 6) is 0. The summed E-state index contributed by atoms with van der Waals surface area (Å²) in [5.41, 5.74) is 7.46. The van der Waals surface area contributed by atoms with E-state index in [1.807, 2.05) is 43.6 Å². The normalized spacial score (nSPS) is 11.7. The lowest BCUT2D eigenvalue weighted by Gasteiger charge is -2.17. The van der Waals surface area contributed by atoms with Crippen molar-refractivity contribution in [3.63, 3.8) is 0 Å². The van der Waals surface area contributed by atoms with E-state index in [-0.39, 0.29) is 0 Å². The molecule has 0 aliphatic heterocycles. The molecule has 1 rings (SSSR count). The zero-order chi connectivity index (χ0) is 12.5. The Balaban J connectivity index is 2.67. The second kappa shape index (κ2) is 7.28. The maximum absolute atomic E-state index is 5.57. The first-order valence-corrected chi connectivity index (χ1v) is 5.60. The van der Waals surface area contributed by atoms with Crippen molar-refractivity contribution >= 4 is 5.69 Å². The first-order valence-electron chi connectivity index (χ1n) is 5.60. The topological polar surface area (TPSA) is 42.1 Å². The van der Waals surface area contributed by atoms with Crippen LogP contribution in [-0.2, 0) is 0 Å². The molecule has 0 fully saturated rings. The third-order valence-corrected chi connectivity index (χ3v) is 2.16. The molecule has 3 heteroatoms. The van der Waals surface area contributed by atoms with E-state index in [2.05, 4.69) is 22.5 Å². The molecule has 0 spiro atoms. The number of nitrogens with two attached hydrogens (primary N) is 1. The Morgan fingerprint density at radius 3 is 3.00 bits per heavy atom. The average Bonchev–Trinajstić information content (AvgIpc) is 2.34. The van der Waals surface area contributed by atoms with Crippen LogP contribution in [0.15, 0.2) is 61.2 Å². The SMILES string of the molecule is C=CCN(/C=C\C/C=C(\C)N)c1cccnc1. The molecule has 0 aliphatic carbocycles. The van der Waals surface area contributed by atoms with Gasteiger partial charge in [0.1, 0.15) is 0 Å². The fourth-order valence-electron chi connectivity index (χ4n) is 1.36. The first-order chi connectivity index (χ1) is 8.24. The summed E-state index contributed by atoms with van der Waals surface area (Å²) in [5, 5.41) is 0. The van der Waals surface area contributed by atoms with E-state index in [4.69, 9.17) is 5.73 Å². The summed E-state index contributed by atoms with van der Waals surface area (Å²) >= 11 is 0. The van der Waals surface area contributed by atoms with Gasteiger partial charge in [0.15, 0.2) is 0 Å². The lowest BCUT2D eigenvalue weighted by Crippen LogP contribution is -2.15. The largest absolute Gasteiger partial charge is 0.403 e. The van der Waals surface area contributed by atoms with Crippen molar-refractivity contribution in [3.05, 3.63) is 61.2 Å². The summed E-state index contributed by atoms with van der Waals surface area (Å²) < 4.78 is 0. The predicted octanol–water partition coefficient (Wildman–Crippen LogP) is 2.84. The minimum Gasteiger partial charge on any atom is -0.403 e. The molecule has 3 nitrogen and oxygen atoms in total. The van der Waals surface area contributed by atoms with E-state index in [0.717, 1.165) is 24.4 Å². The maximum atomic E-state index is 5.57. The van der Waals surface area contributed by atoms with Gasteiger partial charge in [0, 0.05) is 24.6 Å². The second-order valence-corrected chi connectivity index (χ2v) is 3.72. The molecule has 1 aromatic heterocycles.